The van der Waals surface area contributed by atoms with E-state index in [2.05, 4.69) is 21.2 Å². The normalized spacial score (nSPS) is 13.4. The third-order valence-corrected chi connectivity index (χ3v) is 5.11. The maximum atomic E-state index is 12.3. The van der Waals surface area contributed by atoms with E-state index in [0.29, 0.717) is 22.2 Å². The summed E-state index contributed by atoms with van der Waals surface area (Å²) >= 11 is 3.33. The number of rotatable bonds is 8. The Morgan fingerprint density at radius 1 is 1.20 bits per heavy atom. The summed E-state index contributed by atoms with van der Waals surface area (Å²) in [7, 11) is 1.57. The zero-order valence-corrected chi connectivity index (χ0v) is 17.5. The minimum atomic E-state index is -0.655. The number of carbonyl (C=O) groups excluding carboxylic acids is 2. The van der Waals surface area contributed by atoms with E-state index >= 15 is 0 Å². The predicted octanol–water partition coefficient (Wildman–Crippen LogP) is 2.61. The highest BCUT2D eigenvalue weighted by Crippen LogP contribution is 2.36. The molecule has 0 unspecified atom stereocenters. The van der Waals surface area contributed by atoms with Gasteiger partial charge in [0.2, 0.25) is 0 Å². The lowest BCUT2D eigenvalue weighted by molar-refractivity contribution is -0.384. The van der Waals surface area contributed by atoms with Crippen LogP contribution in [0.1, 0.15) is 11.1 Å². The molecule has 0 saturated carbocycles. The van der Waals surface area contributed by atoms with E-state index in [-0.39, 0.29) is 30.2 Å². The number of β-amino-alcohol motifs (C(OH)–C–C–N with tert-alkyl or cyclic N) is 1. The van der Waals surface area contributed by atoms with Crippen LogP contribution in [-0.2, 0) is 16.0 Å². The zero-order chi connectivity index (χ0) is 21.8. The van der Waals surface area contributed by atoms with Crippen LogP contribution in [0.3, 0.4) is 0 Å². The Morgan fingerprint density at radius 3 is 2.50 bits per heavy atom. The van der Waals surface area contributed by atoms with Gasteiger partial charge in [0.15, 0.2) is 0 Å². The van der Waals surface area contributed by atoms with Gasteiger partial charge < -0.3 is 15.2 Å². The first-order chi connectivity index (χ1) is 14.3. The fourth-order valence-electron chi connectivity index (χ4n) is 3.04. The molecule has 10 heteroatoms. The van der Waals surface area contributed by atoms with Gasteiger partial charge in [-0.2, -0.15) is 0 Å². The highest BCUT2D eigenvalue weighted by Gasteiger charge is 2.32. The molecular weight excluding hydrogens is 458 g/mol. The average Bonchev–Trinajstić information content (AvgIpc) is 2.98. The molecule has 1 aliphatic heterocycles. The fourth-order valence-corrected chi connectivity index (χ4v) is 3.64. The van der Waals surface area contributed by atoms with Gasteiger partial charge in [-0.1, -0.05) is 12.1 Å². The number of carbonyl (C=O) groups is 2. The van der Waals surface area contributed by atoms with Crippen LogP contribution in [-0.4, -0.2) is 47.0 Å². The molecule has 0 radical (unpaired) electrons. The molecule has 156 valence electrons. The summed E-state index contributed by atoms with van der Waals surface area (Å²) in [5.74, 6) is -0.534. The van der Waals surface area contributed by atoms with Crippen LogP contribution in [0.25, 0.3) is 0 Å². The number of nitrogens with zero attached hydrogens (tertiary/aromatic N) is 2. The number of nitro benzene ring substituents is 1. The molecule has 0 spiro atoms. The summed E-state index contributed by atoms with van der Waals surface area (Å²) in [5, 5.41) is 23.3. The Morgan fingerprint density at radius 2 is 1.90 bits per heavy atom. The van der Waals surface area contributed by atoms with Crippen LogP contribution in [0.2, 0.25) is 0 Å². The highest BCUT2D eigenvalue weighted by atomic mass is 79.9. The van der Waals surface area contributed by atoms with Crippen LogP contribution in [0.4, 0.5) is 11.4 Å². The first-order valence-electron chi connectivity index (χ1n) is 8.89. The lowest BCUT2D eigenvalue weighted by Crippen LogP contribution is -2.34. The van der Waals surface area contributed by atoms with Gasteiger partial charge in [-0.15, -0.1) is 0 Å². The first-order valence-corrected chi connectivity index (χ1v) is 9.68. The maximum Gasteiger partial charge on any atom is 0.294 e. The molecule has 0 saturated heterocycles. The molecule has 0 aromatic heterocycles. The second-order valence-electron chi connectivity index (χ2n) is 6.46. The van der Waals surface area contributed by atoms with Crippen molar-refractivity contribution in [3.8, 4) is 5.75 Å². The Labute approximate surface area is 180 Å². The minimum Gasteiger partial charge on any atom is -0.497 e. The number of aliphatic hydroxyl groups excluding tert-OH is 1. The molecule has 2 aromatic carbocycles. The Balaban J connectivity index is 1.88. The number of nitrogens with one attached hydrogen (secondary N) is 1. The smallest absolute Gasteiger partial charge is 0.294 e. The van der Waals surface area contributed by atoms with E-state index in [4.69, 9.17) is 9.84 Å². The lowest BCUT2D eigenvalue weighted by atomic mass is 10.0. The van der Waals surface area contributed by atoms with Gasteiger partial charge in [-0.25, -0.2) is 0 Å². The van der Waals surface area contributed by atoms with Crippen molar-refractivity contribution in [1.29, 1.82) is 0 Å². The lowest BCUT2D eigenvalue weighted by Gasteiger charge is -2.14. The fraction of sp³-hybridized carbons (Fsp3) is 0.200. The summed E-state index contributed by atoms with van der Waals surface area (Å²) < 4.78 is 5.50. The number of nitro groups is 1. The number of hydrogen-bond donors (Lipinski definition) is 2. The summed E-state index contributed by atoms with van der Waals surface area (Å²) in [4.78, 5) is 36.2. The third kappa shape index (κ3) is 4.50. The number of ether oxygens (including phenoxy) is 1. The van der Waals surface area contributed by atoms with Crippen molar-refractivity contribution >= 4 is 39.1 Å². The molecule has 30 heavy (non-hydrogen) atoms. The van der Waals surface area contributed by atoms with Crippen LogP contribution in [0, 0.1) is 10.1 Å². The summed E-state index contributed by atoms with van der Waals surface area (Å²) in [6, 6.07) is 10.5. The van der Waals surface area contributed by atoms with Crippen LogP contribution >= 0.6 is 15.9 Å². The number of aliphatic hydroxyl groups is 1. The van der Waals surface area contributed by atoms with E-state index < -0.39 is 16.7 Å². The number of amides is 2. The predicted molar refractivity (Wildman–Crippen MR) is 112 cm³/mol. The van der Waals surface area contributed by atoms with Crippen LogP contribution < -0.4 is 10.1 Å². The average molecular weight is 476 g/mol. The van der Waals surface area contributed by atoms with Gasteiger partial charge in [-0.05, 0) is 51.7 Å². The molecule has 0 atom stereocenters. The molecular formula is C20H18BrN3O6. The van der Waals surface area contributed by atoms with Gasteiger partial charge >= 0.3 is 0 Å². The molecule has 1 aliphatic rings. The van der Waals surface area contributed by atoms with Crippen molar-refractivity contribution < 1.29 is 24.4 Å². The molecule has 1 heterocycles. The van der Waals surface area contributed by atoms with Crippen molar-refractivity contribution in [3.05, 3.63) is 73.9 Å². The SMILES string of the molecule is COc1ccc(Cc2cc(Br)c(NC3=CC(=O)N(CCO)C3=O)c([N+](=O)[O-])c2)cc1. The van der Waals surface area contributed by atoms with Crippen molar-refractivity contribution in [2.45, 2.75) is 6.42 Å². The van der Waals surface area contributed by atoms with Gasteiger partial charge in [0, 0.05) is 16.6 Å². The summed E-state index contributed by atoms with van der Waals surface area (Å²) in [5.41, 5.74) is 1.36. The van der Waals surface area contributed by atoms with Crippen molar-refractivity contribution in [1.82, 2.24) is 4.90 Å². The number of benzene rings is 2. The quantitative estimate of drug-likeness (QED) is 0.341. The van der Waals surface area contributed by atoms with Gasteiger partial charge in [0.1, 0.15) is 17.1 Å². The summed E-state index contributed by atoms with van der Waals surface area (Å²) in [6.45, 7) is -0.522. The van der Waals surface area contributed by atoms with E-state index in [1.807, 2.05) is 24.3 Å². The van der Waals surface area contributed by atoms with Crippen LogP contribution in [0.15, 0.2) is 52.6 Å². The molecule has 0 aliphatic carbocycles. The van der Waals surface area contributed by atoms with Crippen LogP contribution in [0.5, 0.6) is 5.75 Å². The van der Waals surface area contributed by atoms with Gasteiger partial charge in [0.05, 0.1) is 25.2 Å². The minimum absolute atomic E-state index is 0.0664. The third-order valence-electron chi connectivity index (χ3n) is 4.49. The topological polar surface area (TPSA) is 122 Å². The van der Waals surface area contributed by atoms with Gasteiger partial charge in [-0.3, -0.25) is 24.6 Å². The molecule has 9 nitrogen and oxygen atoms in total. The molecule has 2 aromatic rings. The highest BCUT2D eigenvalue weighted by molar-refractivity contribution is 9.10. The maximum absolute atomic E-state index is 12.3. The Hall–Kier alpha value is -3.24. The number of hydrogen-bond acceptors (Lipinski definition) is 7. The van der Waals surface area contributed by atoms with E-state index in [9.17, 15) is 19.7 Å². The number of anilines is 1. The second-order valence-corrected chi connectivity index (χ2v) is 7.31. The van der Waals surface area contributed by atoms with Crippen molar-refractivity contribution in [2.75, 3.05) is 25.6 Å². The Bertz CT molecular complexity index is 1040. The largest absolute Gasteiger partial charge is 0.497 e. The first kappa shape index (κ1) is 21.5. The molecule has 2 amide bonds. The van der Waals surface area contributed by atoms with Gasteiger partial charge in [0.25, 0.3) is 17.5 Å². The standard InChI is InChI=1S/C20H18BrN3O6/c1-30-14-4-2-12(3-5-14)8-13-9-15(21)19(17(10-13)24(28)29)22-16-11-18(26)23(6-7-25)20(16)27/h2-5,9-11,22,25H,6-8H2,1H3. The van der Waals surface area contributed by atoms with E-state index in [0.717, 1.165) is 16.5 Å². The molecule has 2 N–H and O–H groups in total. The van der Waals surface area contributed by atoms with Crippen molar-refractivity contribution in [3.63, 3.8) is 0 Å². The zero-order valence-electron chi connectivity index (χ0n) is 15.9. The second kappa shape index (κ2) is 9.06. The summed E-state index contributed by atoms with van der Waals surface area (Å²) in [6.07, 6.45) is 1.51. The molecule has 3 rings (SSSR count). The van der Waals surface area contributed by atoms with E-state index in [1.54, 1.807) is 13.2 Å². The number of halogens is 1. The molecule has 0 bridgehead atoms. The number of methoxy groups -OCH3 is 1. The monoisotopic (exact) mass is 475 g/mol. The molecule has 0 fully saturated rings. The van der Waals surface area contributed by atoms with E-state index in [1.165, 1.54) is 6.07 Å². The van der Waals surface area contributed by atoms with Crippen molar-refractivity contribution in [2.24, 2.45) is 0 Å². The Kier molecular flexibility index (Phi) is 6.48. The number of imide groups is 1.